The predicted molar refractivity (Wildman–Crippen MR) is 22.2 cm³/mol. The third kappa shape index (κ3) is 10.9. The van der Waals surface area contributed by atoms with Gasteiger partial charge in [-0.2, -0.15) is 6.42 Å². The van der Waals surface area contributed by atoms with Gasteiger partial charge in [0.25, 0.3) is 0 Å². The number of aliphatic hydroxyl groups is 2. The van der Waals surface area contributed by atoms with E-state index >= 15 is 0 Å². The van der Waals surface area contributed by atoms with E-state index < -0.39 is 6.10 Å². The van der Waals surface area contributed by atoms with Gasteiger partial charge in [0.2, 0.25) is 0 Å². The molecule has 0 bridgehead atoms. The molecule has 2 N–H and O–H groups in total. The molecule has 0 aliphatic heterocycles. The molecule has 2 nitrogen and oxygen atoms in total. The molecule has 0 spiro atoms. The van der Waals surface area contributed by atoms with E-state index in [-0.39, 0.29) is 39.1 Å². The molecule has 1 unspecified atom stereocenters. The van der Waals surface area contributed by atoms with Gasteiger partial charge in [-0.1, -0.05) is 6.10 Å². The Morgan fingerprint density at radius 1 is 1.71 bits per heavy atom. The van der Waals surface area contributed by atoms with Gasteiger partial charge in [-0.15, -0.1) is 0 Å². The van der Waals surface area contributed by atoms with Crippen molar-refractivity contribution in [3.63, 3.8) is 0 Å². The van der Waals surface area contributed by atoms with Crippen molar-refractivity contribution in [2.45, 2.75) is 12.5 Å². The molecule has 41 valence electrons. The van der Waals surface area contributed by atoms with E-state index in [1.165, 1.54) is 0 Å². The Kier molecular flexibility index (Phi) is 10.9. The molecule has 0 aliphatic carbocycles. The van der Waals surface area contributed by atoms with Gasteiger partial charge in [0.15, 0.2) is 0 Å². The van der Waals surface area contributed by atoms with E-state index in [1.807, 2.05) is 0 Å². The zero-order valence-electron chi connectivity index (χ0n) is 4.04. The largest absolute Gasteiger partial charge is 0.566 e. The molecule has 0 amide bonds. The van der Waals surface area contributed by atoms with Crippen LogP contribution in [0.4, 0.5) is 0 Å². The molecular formula is C4H8O2Y-2. The molecule has 0 saturated heterocycles. The molecule has 0 aromatic rings. The van der Waals surface area contributed by atoms with Gasteiger partial charge in [-0.3, -0.25) is 0 Å². The monoisotopic (exact) mass is 177 g/mol. The fourth-order valence-electron chi connectivity index (χ4n) is 0.122. The SMILES string of the molecule is [CH2-]C(O)C[CH-]O.[Y]. The number of hydrogen-bond acceptors (Lipinski definition) is 2. The van der Waals surface area contributed by atoms with Crippen LogP contribution in [0.2, 0.25) is 0 Å². The second-order valence-electron chi connectivity index (χ2n) is 1.07. The van der Waals surface area contributed by atoms with Crippen LogP contribution in [0, 0.1) is 13.5 Å². The molecule has 0 rings (SSSR count). The van der Waals surface area contributed by atoms with Crippen molar-refractivity contribution in [3.8, 4) is 0 Å². The van der Waals surface area contributed by atoms with Crippen LogP contribution in [0.25, 0.3) is 0 Å². The van der Waals surface area contributed by atoms with Crippen molar-refractivity contribution < 1.29 is 42.9 Å². The number of rotatable bonds is 2. The van der Waals surface area contributed by atoms with Crippen LogP contribution in [0.3, 0.4) is 0 Å². The van der Waals surface area contributed by atoms with E-state index in [1.54, 1.807) is 0 Å². The quantitative estimate of drug-likeness (QED) is 0.587. The molecule has 0 heterocycles. The molecule has 0 aromatic carbocycles. The van der Waals surface area contributed by atoms with Crippen LogP contribution in [0.1, 0.15) is 6.42 Å². The molecule has 0 saturated carbocycles. The second kappa shape index (κ2) is 7.02. The Hall–Kier alpha value is 1.02. The van der Waals surface area contributed by atoms with E-state index in [0.29, 0.717) is 0 Å². The predicted octanol–water partition coefficient (Wildman–Crippen LogP) is 0.103. The summed E-state index contributed by atoms with van der Waals surface area (Å²) in [4.78, 5) is 0. The minimum atomic E-state index is -0.657. The smallest absolute Gasteiger partial charge is 0 e. The first-order valence-corrected chi connectivity index (χ1v) is 1.74. The summed E-state index contributed by atoms with van der Waals surface area (Å²) in [5.74, 6) is 0. The van der Waals surface area contributed by atoms with E-state index in [4.69, 9.17) is 10.2 Å². The van der Waals surface area contributed by atoms with Crippen LogP contribution in [0.15, 0.2) is 0 Å². The minimum absolute atomic E-state index is 0. The number of hydrogen-bond donors (Lipinski definition) is 2. The Balaban J connectivity index is 0. The summed E-state index contributed by atoms with van der Waals surface area (Å²) in [5.41, 5.74) is 0. The Labute approximate surface area is 68.8 Å². The normalized spacial score (nSPS) is 12.4. The van der Waals surface area contributed by atoms with Crippen LogP contribution in [0.5, 0.6) is 0 Å². The fraction of sp³-hybridized carbons (Fsp3) is 0.500. The average molecular weight is 177 g/mol. The summed E-state index contributed by atoms with van der Waals surface area (Å²) in [6, 6.07) is 0. The zero-order valence-corrected chi connectivity index (χ0v) is 6.88. The van der Waals surface area contributed by atoms with Gasteiger partial charge >= 0.3 is 0 Å². The van der Waals surface area contributed by atoms with E-state index in [0.717, 1.165) is 6.61 Å². The standard InChI is InChI=1S/C4H8O2.Y/c1-4(6)2-3-5;/h3-6H,1-2H2;/q-2;. The summed E-state index contributed by atoms with van der Waals surface area (Å²) < 4.78 is 0. The van der Waals surface area contributed by atoms with Gasteiger partial charge in [-0.25, -0.2) is 6.61 Å². The van der Waals surface area contributed by atoms with Crippen LogP contribution in [-0.2, 0) is 32.7 Å². The maximum Gasteiger partial charge on any atom is 0 e. The van der Waals surface area contributed by atoms with E-state index in [2.05, 4.69) is 6.92 Å². The van der Waals surface area contributed by atoms with Gasteiger partial charge in [0.1, 0.15) is 0 Å². The molecular weight excluding hydrogens is 169 g/mol. The maximum absolute atomic E-state index is 8.25. The molecule has 3 heteroatoms. The van der Waals surface area contributed by atoms with Gasteiger partial charge < -0.3 is 17.1 Å². The molecule has 0 fully saturated rings. The average Bonchev–Trinajstić information content (AvgIpc) is 1.35. The molecule has 1 radical (unpaired) electrons. The number of aliphatic hydroxyl groups excluding tert-OH is 2. The summed E-state index contributed by atoms with van der Waals surface area (Å²) in [7, 11) is 0. The topological polar surface area (TPSA) is 40.5 Å². The van der Waals surface area contributed by atoms with Crippen LogP contribution >= 0.6 is 0 Å². The van der Waals surface area contributed by atoms with Gasteiger partial charge in [-0.05, 0) is 0 Å². The molecule has 0 aliphatic rings. The maximum atomic E-state index is 8.25. The molecule has 0 aromatic heterocycles. The first kappa shape index (κ1) is 10.9. The third-order valence-electron chi connectivity index (χ3n) is 0.377. The van der Waals surface area contributed by atoms with Crippen LogP contribution < -0.4 is 0 Å². The van der Waals surface area contributed by atoms with Crippen molar-refractivity contribution in [1.82, 2.24) is 0 Å². The van der Waals surface area contributed by atoms with Crippen LogP contribution in [-0.4, -0.2) is 16.3 Å². The molecule has 7 heavy (non-hydrogen) atoms. The van der Waals surface area contributed by atoms with Crippen molar-refractivity contribution in [1.29, 1.82) is 0 Å². The molecule has 1 atom stereocenters. The van der Waals surface area contributed by atoms with Crippen molar-refractivity contribution in [2.75, 3.05) is 0 Å². The second-order valence-corrected chi connectivity index (χ2v) is 1.07. The minimum Gasteiger partial charge on any atom is -0.566 e. The zero-order chi connectivity index (χ0) is 4.99. The van der Waals surface area contributed by atoms with Gasteiger partial charge in [0.05, 0.1) is 0 Å². The fourth-order valence-corrected chi connectivity index (χ4v) is 0.122. The summed E-state index contributed by atoms with van der Waals surface area (Å²) in [5, 5.41) is 16.2. The first-order chi connectivity index (χ1) is 2.77. The van der Waals surface area contributed by atoms with E-state index in [9.17, 15) is 0 Å². The third-order valence-corrected chi connectivity index (χ3v) is 0.377. The van der Waals surface area contributed by atoms with Crippen molar-refractivity contribution in [3.05, 3.63) is 13.5 Å². The Morgan fingerprint density at radius 3 is 2.14 bits per heavy atom. The summed E-state index contributed by atoms with van der Waals surface area (Å²) in [6.07, 6.45) is -0.407. The summed E-state index contributed by atoms with van der Waals surface area (Å²) >= 11 is 0. The summed E-state index contributed by atoms with van der Waals surface area (Å²) in [6.45, 7) is 4.08. The Morgan fingerprint density at radius 2 is 2.14 bits per heavy atom. The first-order valence-electron chi connectivity index (χ1n) is 1.74. The van der Waals surface area contributed by atoms with Crippen molar-refractivity contribution in [2.24, 2.45) is 0 Å². The Bertz CT molecular complexity index is 30.9. The van der Waals surface area contributed by atoms with Crippen molar-refractivity contribution >= 4 is 0 Å². The van der Waals surface area contributed by atoms with Gasteiger partial charge in [0, 0.05) is 32.7 Å².